The maximum absolute atomic E-state index is 10.8. The minimum Gasteiger partial charge on any atom is -0.394 e. The summed E-state index contributed by atoms with van der Waals surface area (Å²) in [5.74, 6) is 0.411. The average Bonchev–Trinajstić information content (AvgIpc) is 2.70. The molecule has 1 heterocycles. The molecule has 5 heteroatoms. The maximum Gasteiger partial charge on any atom is 0.271 e. The molecule has 98 valence electrons. The van der Waals surface area contributed by atoms with Gasteiger partial charge in [-0.15, -0.1) is 0 Å². The number of nitrogens with zero attached hydrogens (tertiary/aromatic N) is 2. The molecule has 2 unspecified atom stereocenters. The lowest BCUT2D eigenvalue weighted by atomic mass is 10.0. The molecule has 0 bridgehead atoms. The lowest BCUT2D eigenvalue weighted by Crippen LogP contribution is -2.35. The number of rotatable bonds is 3. The Hall–Kier alpha value is -1.62. The average molecular weight is 250 g/mol. The molecule has 1 saturated heterocycles. The number of benzene rings is 1. The number of aliphatic hydroxyl groups excluding tert-OH is 1. The largest absolute Gasteiger partial charge is 0.394 e. The highest BCUT2D eigenvalue weighted by Gasteiger charge is 2.31. The van der Waals surface area contributed by atoms with E-state index in [0.29, 0.717) is 5.92 Å². The molecule has 0 saturated carbocycles. The van der Waals surface area contributed by atoms with Gasteiger partial charge in [-0.2, -0.15) is 0 Å². The lowest BCUT2D eigenvalue weighted by molar-refractivity contribution is -0.384. The normalized spacial score (nSPS) is 23.4. The van der Waals surface area contributed by atoms with Crippen molar-refractivity contribution in [3.8, 4) is 0 Å². The molecule has 2 atom stereocenters. The van der Waals surface area contributed by atoms with Crippen LogP contribution in [0, 0.1) is 23.0 Å². The van der Waals surface area contributed by atoms with E-state index in [-0.39, 0.29) is 23.3 Å². The topological polar surface area (TPSA) is 66.6 Å². The Morgan fingerprint density at radius 2 is 2.28 bits per heavy atom. The highest BCUT2D eigenvalue weighted by Crippen LogP contribution is 2.33. The molecule has 1 aliphatic heterocycles. The predicted molar refractivity (Wildman–Crippen MR) is 69.8 cm³/mol. The van der Waals surface area contributed by atoms with Crippen LogP contribution in [-0.2, 0) is 0 Å². The Balaban J connectivity index is 2.38. The van der Waals surface area contributed by atoms with Gasteiger partial charge in [0.25, 0.3) is 5.69 Å². The van der Waals surface area contributed by atoms with Crippen LogP contribution in [0.3, 0.4) is 0 Å². The Labute approximate surface area is 106 Å². The van der Waals surface area contributed by atoms with Gasteiger partial charge in [-0.3, -0.25) is 10.1 Å². The van der Waals surface area contributed by atoms with E-state index in [4.69, 9.17) is 0 Å². The number of hydrogen-bond donors (Lipinski definition) is 1. The molecule has 1 N–H and O–H groups in total. The minimum atomic E-state index is -0.379. The first-order chi connectivity index (χ1) is 8.54. The standard InChI is InChI=1S/C13H18N2O3/c1-9-3-4-11(15(17)18)7-12(9)14-6-5-10(2)13(14)8-16/h3-4,7,10,13,16H,5-6,8H2,1-2H3. The summed E-state index contributed by atoms with van der Waals surface area (Å²) in [5.41, 5.74) is 1.98. The van der Waals surface area contributed by atoms with Gasteiger partial charge in [0.2, 0.25) is 0 Å². The van der Waals surface area contributed by atoms with E-state index in [1.807, 2.05) is 6.92 Å². The van der Waals surface area contributed by atoms with Crippen molar-refractivity contribution in [2.75, 3.05) is 18.1 Å². The van der Waals surface area contributed by atoms with E-state index in [1.54, 1.807) is 12.1 Å². The molecule has 0 radical (unpaired) electrons. The van der Waals surface area contributed by atoms with Gasteiger partial charge >= 0.3 is 0 Å². The van der Waals surface area contributed by atoms with Crippen LogP contribution in [0.2, 0.25) is 0 Å². The number of nitro groups is 1. The van der Waals surface area contributed by atoms with Crippen molar-refractivity contribution in [3.63, 3.8) is 0 Å². The quantitative estimate of drug-likeness (QED) is 0.659. The Bertz CT molecular complexity index is 462. The number of hydrogen-bond acceptors (Lipinski definition) is 4. The predicted octanol–water partition coefficient (Wildman–Crippen LogP) is 2.11. The smallest absolute Gasteiger partial charge is 0.271 e. The fourth-order valence-corrected chi connectivity index (χ4v) is 2.61. The first-order valence-corrected chi connectivity index (χ1v) is 6.17. The summed E-state index contributed by atoms with van der Waals surface area (Å²) >= 11 is 0. The third-order valence-electron chi connectivity index (χ3n) is 3.78. The fraction of sp³-hybridized carbons (Fsp3) is 0.538. The fourth-order valence-electron chi connectivity index (χ4n) is 2.61. The molecule has 1 aliphatic rings. The summed E-state index contributed by atoms with van der Waals surface area (Å²) in [5, 5.41) is 20.3. The maximum atomic E-state index is 10.8. The van der Waals surface area contributed by atoms with Crippen LogP contribution in [0.5, 0.6) is 0 Å². The minimum absolute atomic E-state index is 0.0608. The molecule has 0 spiro atoms. The van der Waals surface area contributed by atoms with Gasteiger partial charge in [0.05, 0.1) is 17.6 Å². The first kappa shape index (κ1) is 12.8. The van der Waals surface area contributed by atoms with Crippen LogP contribution >= 0.6 is 0 Å². The van der Waals surface area contributed by atoms with Crippen LogP contribution in [0.15, 0.2) is 18.2 Å². The second kappa shape index (κ2) is 4.94. The van der Waals surface area contributed by atoms with E-state index in [2.05, 4.69) is 11.8 Å². The van der Waals surface area contributed by atoms with E-state index < -0.39 is 0 Å². The Morgan fingerprint density at radius 3 is 2.89 bits per heavy atom. The van der Waals surface area contributed by atoms with Gasteiger partial charge in [0.1, 0.15) is 0 Å². The van der Waals surface area contributed by atoms with E-state index >= 15 is 0 Å². The first-order valence-electron chi connectivity index (χ1n) is 6.17. The molecule has 1 aromatic rings. The summed E-state index contributed by atoms with van der Waals surface area (Å²) in [4.78, 5) is 12.5. The van der Waals surface area contributed by atoms with E-state index in [0.717, 1.165) is 24.2 Å². The molecule has 0 amide bonds. The van der Waals surface area contributed by atoms with Crippen molar-refractivity contribution in [2.24, 2.45) is 5.92 Å². The van der Waals surface area contributed by atoms with Gasteiger partial charge in [0, 0.05) is 24.4 Å². The highest BCUT2D eigenvalue weighted by molar-refractivity contribution is 5.60. The second-order valence-electron chi connectivity index (χ2n) is 4.94. The molecule has 0 aliphatic carbocycles. The third kappa shape index (κ3) is 2.18. The van der Waals surface area contributed by atoms with Crippen molar-refractivity contribution in [1.29, 1.82) is 0 Å². The number of nitro benzene ring substituents is 1. The van der Waals surface area contributed by atoms with Crippen LogP contribution in [0.4, 0.5) is 11.4 Å². The SMILES string of the molecule is Cc1ccc([N+](=O)[O-])cc1N1CCC(C)C1CO. The van der Waals surface area contributed by atoms with Crippen LogP contribution in [0.25, 0.3) is 0 Å². The zero-order valence-corrected chi connectivity index (χ0v) is 10.7. The van der Waals surface area contributed by atoms with E-state index in [9.17, 15) is 15.2 Å². The number of anilines is 1. The van der Waals surface area contributed by atoms with Crippen molar-refractivity contribution >= 4 is 11.4 Å². The number of aliphatic hydroxyl groups is 1. The van der Waals surface area contributed by atoms with Crippen molar-refractivity contribution in [2.45, 2.75) is 26.3 Å². The highest BCUT2D eigenvalue weighted by atomic mass is 16.6. The molecule has 1 aromatic carbocycles. The Morgan fingerprint density at radius 1 is 1.56 bits per heavy atom. The summed E-state index contributed by atoms with van der Waals surface area (Å²) in [6.45, 7) is 4.97. The van der Waals surface area contributed by atoms with Crippen LogP contribution in [0.1, 0.15) is 18.9 Å². The summed E-state index contributed by atoms with van der Waals surface area (Å²) in [6.07, 6.45) is 1.01. The van der Waals surface area contributed by atoms with Gasteiger partial charge < -0.3 is 10.0 Å². The van der Waals surface area contributed by atoms with Crippen LogP contribution < -0.4 is 4.90 Å². The van der Waals surface area contributed by atoms with Gasteiger partial charge in [-0.1, -0.05) is 13.0 Å². The zero-order valence-electron chi connectivity index (χ0n) is 10.7. The van der Waals surface area contributed by atoms with Crippen molar-refractivity contribution in [1.82, 2.24) is 0 Å². The molecular formula is C13H18N2O3. The summed E-state index contributed by atoms with van der Waals surface area (Å²) in [7, 11) is 0. The molecule has 18 heavy (non-hydrogen) atoms. The zero-order chi connectivity index (χ0) is 13.3. The van der Waals surface area contributed by atoms with Gasteiger partial charge in [0.15, 0.2) is 0 Å². The van der Waals surface area contributed by atoms with Crippen molar-refractivity contribution in [3.05, 3.63) is 33.9 Å². The third-order valence-corrected chi connectivity index (χ3v) is 3.78. The molecule has 0 aromatic heterocycles. The van der Waals surface area contributed by atoms with Gasteiger partial charge in [-0.05, 0) is 24.8 Å². The summed E-state index contributed by atoms with van der Waals surface area (Å²) in [6, 6.07) is 4.96. The number of non-ortho nitro benzene ring substituents is 1. The summed E-state index contributed by atoms with van der Waals surface area (Å²) < 4.78 is 0. The molecule has 5 nitrogen and oxygen atoms in total. The molecule has 1 fully saturated rings. The second-order valence-corrected chi connectivity index (χ2v) is 4.94. The van der Waals surface area contributed by atoms with Gasteiger partial charge in [-0.25, -0.2) is 0 Å². The van der Waals surface area contributed by atoms with Crippen molar-refractivity contribution < 1.29 is 10.0 Å². The van der Waals surface area contributed by atoms with Crippen LogP contribution in [-0.4, -0.2) is 29.2 Å². The molecular weight excluding hydrogens is 232 g/mol. The molecule has 2 rings (SSSR count). The monoisotopic (exact) mass is 250 g/mol. The van der Waals surface area contributed by atoms with E-state index in [1.165, 1.54) is 6.07 Å². The lowest BCUT2D eigenvalue weighted by Gasteiger charge is -2.28. The Kier molecular flexibility index (Phi) is 3.52. The number of aryl methyl sites for hydroxylation is 1.